The first-order chi connectivity index (χ1) is 10.1. The van der Waals surface area contributed by atoms with Gasteiger partial charge in [0.05, 0.1) is 12.6 Å². The van der Waals surface area contributed by atoms with Crippen LogP contribution in [0.2, 0.25) is 0 Å². The summed E-state index contributed by atoms with van der Waals surface area (Å²) < 4.78 is 7.26. The predicted octanol–water partition coefficient (Wildman–Crippen LogP) is 4.93. The zero-order valence-electron chi connectivity index (χ0n) is 11.3. The van der Waals surface area contributed by atoms with Crippen molar-refractivity contribution in [3.63, 3.8) is 0 Å². The molecule has 0 saturated carbocycles. The number of anilines is 1. The van der Waals surface area contributed by atoms with E-state index in [9.17, 15) is 0 Å². The molecule has 0 aliphatic rings. The van der Waals surface area contributed by atoms with Crippen LogP contribution in [0.5, 0.6) is 5.75 Å². The summed E-state index contributed by atoms with van der Waals surface area (Å²) in [4.78, 5) is 10.2. The molecule has 0 bridgehead atoms. The third kappa shape index (κ3) is 2.65. The summed E-state index contributed by atoms with van der Waals surface area (Å²) in [7, 11) is 3.50. The Kier molecular flexibility index (Phi) is 4.14. The van der Waals surface area contributed by atoms with Crippen LogP contribution in [0.15, 0.2) is 32.5 Å². The lowest BCUT2D eigenvalue weighted by Gasteiger charge is -2.10. The molecule has 2 heterocycles. The number of nitrogens with zero attached hydrogens (tertiary/aromatic N) is 2. The molecule has 0 saturated heterocycles. The second-order valence-corrected chi connectivity index (χ2v) is 6.93. The zero-order chi connectivity index (χ0) is 15.0. The first-order valence-electron chi connectivity index (χ1n) is 6.10. The van der Waals surface area contributed by atoms with Gasteiger partial charge in [-0.1, -0.05) is 15.9 Å². The topological polar surface area (TPSA) is 47.0 Å². The van der Waals surface area contributed by atoms with Crippen molar-refractivity contribution < 1.29 is 4.74 Å². The fourth-order valence-corrected chi connectivity index (χ4v) is 4.18. The molecule has 0 spiro atoms. The first-order valence-corrected chi connectivity index (χ1v) is 8.57. The van der Waals surface area contributed by atoms with E-state index >= 15 is 0 Å². The van der Waals surface area contributed by atoms with Crippen molar-refractivity contribution in [2.45, 2.75) is 0 Å². The minimum atomic E-state index is 0.654. The van der Waals surface area contributed by atoms with Crippen molar-refractivity contribution >= 4 is 59.9 Å². The summed E-state index contributed by atoms with van der Waals surface area (Å²) in [6.45, 7) is 0. The lowest BCUT2D eigenvalue weighted by molar-refractivity contribution is 0.418. The molecule has 3 aromatic rings. The molecule has 1 N–H and O–H groups in total. The van der Waals surface area contributed by atoms with Crippen LogP contribution in [0.3, 0.4) is 0 Å². The Morgan fingerprint density at radius 3 is 2.76 bits per heavy atom. The Balaban J connectivity index is 2.31. The number of methoxy groups -OCH3 is 1. The second-order valence-electron chi connectivity index (χ2n) is 4.25. The second kappa shape index (κ2) is 5.90. The van der Waals surface area contributed by atoms with Gasteiger partial charge in [-0.15, -0.1) is 11.3 Å². The Hall–Kier alpha value is -1.18. The molecule has 7 heteroatoms. The molecule has 1 aromatic carbocycles. The smallest absolute Gasteiger partial charge is 0.176 e. The average Bonchev–Trinajstić information content (AvgIpc) is 2.94. The SMILES string of the molecule is CNc1nc(-c2sccc2OC)nc2c(Br)cc(Br)cc12. The van der Waals surface area contributed by atoms with E-state index in [2.05, 4.69) is 47.1 Å². The summed E-state index contributed by atoms with van der Waals surface area (Å²) in [6, 6.07) is 5.90. The Bertz CT molecular complexity index is 819. The van der Waals surface area contributed by atoms with E-state index in [1.807, 2.05) is 30.6 Å². The summed E-state index contributed by atoms with van der Waals surface area (Å²) in [6.07, 6.45) is 0. The monoisotopic (exact) mass is 427 g/mol. The molecule has 2 aromatic heterocycles. The third-order valence-corrected chi connectivity index (χ3v) is 4.96. The first kappa shape index (κ1) is 14.7. The van der Waals surface area contributed by atoms with Crippen molar-refractivity contribution in [3.8, 4) is 16.5 Å². The Morgan fingerprint density at radius 2 is 2.05 bits per heavy atom. The van der Waals surface area contributed by atoms with Crippen molar-refractivity contribution in [2.75, 3.05) is 19.5 Å². The molecule has 0 unspecified atom stereocenters. The van der Waals surface area contributed by atoms with Gasteiger partial charge in [-0.3, -0.25) is 0 Å². The van der Waals surface area contributed by atoms with Crippen LogP contribution in [0.1, 0.15) is 0 Å². The molecule has 108 valence electrons. The highest BCUT2D eigenvalue weighted by Crippen LogP contribution is 2.37. The van der Waals surface area contributed by atoms with E-state index in [-0.39, 0.29) is 0 Å². The number of nitrogens with one attached hydrogen (secondary N) is 1. The number of thiophene rings is 1. The van der Waals surface area contributed by atoms with E-state index in [0.29, 0.717) is 5.82 Å². The number of benzene rings is 1. The highest BCUT2D eigenvalue weighted by Gasteiger charge is 2.15. The molecule has 4 nitrogen and oxygen atoms in total. The maximum absolute atomic E-state index is 5.37. The molecule has 0 radical (unpaired) electrons. The molecule has 21 heavy (non-hydrogen) atoms. The van der Waals surface area contributed by atoms with Crippen LogP contribution >= 0.6 is 43.2 Å². The third-order valence-electron chi connectivity index (χ3n) is 3.01. The zero-order valence-corrected chi connectivity index (χ0v) is 15.3. The van der Waals surface area contributed by atoms with E-state index in [1.165, 1.54) is 0 Å². The highest BCUT2D eigenvalue weighted by atomic mass is 79.9. The summed E-state index contributed by atoms with van der Waals surface area (Å²) in [5, 5.41) is 6.06. The predicted molar refractivity (Wildman–Crippen MR) is 94.3 cm³/mol. The quantitative estimate of drug-likeness (QED) is 0.642. The number of hydrogen-bond donors (Lipinski definition) is 1. The van der Waals surface area contributed by atoms with Crippen LogP contribution in [0.25, 0.3) is 21.6 Å². The molecule has 0 amide bonds. The van der Waals surface area contributed by atoms with E-state index in [1.54, 1.807) is 18.4 Å². The fraction of sp³-hybridized carbons (Fsp3) is 0.143. The molecular weight excluding hydrogens is 418 g/mol. The normalized spacial score (nSPS) is 10.9. The van der Waals surface area contributed by atoms with Crippen LogP contribution in [0.4, 0.5) is 5.82 Å². The number of halogens is 2. The van der Waals surface area contributed by atoms with Gasteiger partial charge in [-0.25, -0.2) is 9.97 Å². The standard InChI is InChI=1S/C14H11Br2N3OS/c1-17-13-8-5-7(15)6-9(16)11(8)18-14(19-13)12-10(20-2)3-4-21-12/h3-6H,1-2H3,(H,17,18,19). The largest absolute Gasteiger partial charge is 0.495 e. The van der Waals surface area contributed by atoms with Gasteiger partial charge in [0.1, 0.15) is 16.4 Å². The summed E-state index contributed by atoms with van der Waals surface area (Å²) >= 11 is 8.63. The van der Waals surface area contributed by atoms with E-state index in [4.69, 9.17) is 4.74 Å². The van der Waals surface area contributed by atoms with Gasteiger partial charge in [0.15, 0.2) is 5.82 Å². The summed E-state index contributed by atoms with van der Waals surface area (Å²) in [5.41, 5.74) is 0.864. The minimum Gasteiger partial charge on any atom is -0.495 e. The highest BCUT2D eigenvalue weighted by molar-refractivity contribution is 9.11. The average molecular weight is 429 g/mol. The Labute approximate surface area is 142 Å². The van der Waals surface area contributed by atoms with Crippen molar-refractivity contribution in [1.29, 1.82) is 0 Å². The molecular formula is C14H11Br2N3OS. The maximum atomic E-state index is 5.37. The van der Waals surface area contributed by atoms with Gasteiger partial charge < -0.3 is 10.1 Å². The number of fused-ring (bicyclic) bond motifs is 1. The van der Waals surface area contributed by atoms with Crippen LogP contribution in [0, 0.1) is 0 Å². The van der Waals surface area contributed by atoms with Crippen LogP contribution in [-0.4, -0.2) is 24.1 Å². The van der Waals surface area contributed by atoms with Crippen LogP contribution < -0.4 is 10.1 Å². The van der Waals surface area contributed by atoms with Crippen molar-refractivity contribution in [3.05, 3.63) is 32.5 Å². The number of hydrogen-bond acceptors (Lipinski definition) is 5. The molecule has 0 aliphatic carbocycles. The van der Waals surface area contributed by atoms with Crippen LogP contribution in [-0.2, 0) is 0 Å². The van der Waals surface area contributed by atoms with Gasteiger partial charge in [0.2, 0.25) is 0 Å². The maximum Gasteiger partial charge on any atom is 0.176 e. The number of rotatable bonds is 3. The van der Waals surface area contributed by atoms with Gasteiger partial charge in [0, 0.05) is 21.4 Å². The molecule has 0 aliphatic heterocycles. The molecule has 0 fully saturated rings. The van der Waals surface area contributed by atoms with Gasteiger partial charge in [-0.05, 0) is 39.5 Å². The van der Waals surface area contributed by atoms with Gasteiger partial charge in [0.25, 0.3) is 0 Å². The van der Waals surface area contributed by atoms with Crippen molar-refractivity contribution in [1.82, 2.24) is 9.97 Å². The fourth-order valence-electron chi connectivity index (χ4n) is 2.07. The van der Waals surface area contributed by atoms with Gasteiger partial charge in [-0.2, -0.15) is 0 Å². The molecule has 3 rings (SSSR count). The minimum absolute atomic E-state index is 0.654. The summed E-state index contributed by atoms with van der Waals surface area (Å²) in [5.74, 6) is 2.23. The lowest BCUT2D eigenvalue weighted by atomic mass is 10.2. The van der Waals surface area contributed by atoms with Crippen molar-refractivity contribution in [2.24, 2.45) is 0 Å². The van der Waals surface area contributed by atoms with E-state index < -0.39 is 0 Å². The molecule has 0 atom stereocenters. The lowest BCUT2D eigenvalue weighted by Crippen LogP contribution is -1.99. The number of aromatic nitrogens is 2. The Morgan fingerprint density at radius 1 is 1.24 bits per heavy atom. The van der Waals surface area contributed by atoms with Gasteiger partial charge >= 0.3 is 0 Å². The number of ether oxygens (including phenoxy) is 1. The van der Waals surface area contributed by atoms with E-state index in [0.717, 1.165) is 36.3 Å².